The summed E-state index contributed by atoms with van der Waals surface area (Å²) in [6, 6.07) is 0. The number of hydrogen-bond donors (Lipinski definition) is 1. The zero-order valence-electron chi connectivity index (χ0n) is 8.22. The van der Waals surface area contributed by atoms with E-state index in [-0.39, 0.29) is 0 Å². The SMILES string of the molecule is NC(=S)c1cncc(N2CCSCC2)n1. The van der Waals surface area contributed by atoms with E-state index in [9.17, 15) is 0 Å². The minimum Gasteiger partial charge on any atom is -0.388 e. The van der Waals surface area contributed by atoms with Gasteiger partial charge in [-0.15, -0.1) is 0 Å². The highest BCUT2D eigenvalue weighted by Gasteiger charge is 2.13. The minimum atomic E-state index is 0.302. The average Bonchev–Trinajstić information content (AvgIpc) is 2.30. The van der Waals surface area contributed by atoms with Crippen molar-refractivity contribution < 1.29 is 0 Å². The highest BCUT2D eigenvalue weighted by Crippen LogP contribution is 2.16. The standard InChI is InChI=1S/C9H12N4S2/c10-9(14)7-5-11-6-8(12-7)13-1-3-15-4-2-13/h5-6H,1-4H2,(H2,10,14). The molecule has 1 aromatic rings. The molecule has 1 saturated heterocycles. The Bertz CT molecular complexity index is 363. The molecule has 0 radical (unpaired) electrons. The highest BCUT2D eigenvalue weighted by molar-refractivity contribution is 7.99. The van der Waals surface area contributed by atoms with E-state index in [0.717, 1.165) is 30.4 Å². The van der Waals surface area contributed by atoms with Crippen molar-refractivity contribution in [3.05, 3.63) is 18.1 Å². The number of nitrogens with zero attached hydrogens (tertiary/aromatic N) is 3. The number of hydrogen-bond acceptors (Lipinski definition) is 5. The molecule has 0 atom stereocenters. The molecule has 0 aromatic carbocycles. The van der Waals surface area contributed by atoms with Gasteiger partial charge in [-0.3, -0.25) is 4.98 Å². The predicted molar refractivity (Wildman–Crippen MR) is 67.5 cm³/mol. The fourth-order valence-electron chi connectivity index (χ4n) is 1.42. The van der Waals surface area contributed by atoms with E-state index in [4.69, 9.17) is 18.0 Å². The van der Waals surface area contributed by atoms with Crippen LogP contribution in [0.25, 0.3) is 0 Å². The molecule has 15 heavy (non-hydrogen) atoms. The third-order valence-corrected chi connectivity index (χ3v) is 3.36. The van der Waals surface area contributed by atoms with E-state index in [1.807, 2.05) is 11.8 Å². The van der Waals surface area contributed by atoms with Gasteiger partial charge in [0.2, 0.25) is 0 Å². The summed E-state index contributed by atoms with van der Waals surface area (Å²) in [5.74, 6) is 3.15. The van der Waals surface area contributed by atoms with Crippen LogP contribution in [-0.4, -0.2) is 39.6 Å². The molecule has 1 fully saturated rings. The van der Waals surface area contributed by atoms with Crippen molar-refractivity contribution in [2.24, 2.45) is 5.73 Å². The number of nitrogens with two attached hydrogens (primary N) is 1. The van der Waals surface area contributed by atoms with Crippen LogP contribution in [0.4, 0.5) is 5.82 Å². The quantitative estimate of drug-likeness (QED) is 0.767. The third-order valence-electron chi connectivity index (χ3n) is 2.21. The molecule has 0 bridgehead atoms. The molecule has 0 saturated carbocycles. The van der Waals surface area contributed by atoms with E-state index >= 15 is 0 Å². The van der Waals surface area contributed by atoms with Crippen LogP contribution in [0.1, 0.15) is 5.69 Å². The summed E-state index contributed by atoms with van der Waals surface area (Å²) < 4.78 is 0. The summed E-state index contributed by atoms with van der Waals surface area (Å²) in [7, 11) is 0. The smallest absolute Gasteiger partial charge is 0.147 e. The van der Waals surface area contributed by atoms with Gasteiger partial charge in [0.1, 0.15) is 16.5 Å². The first-order valence-electron chi connectivity index (χ1n) is 4.72. The van der Waals surface area contributed by atoms with Crippen molar-refractivity contribution in [2.75, 3.05) is 29.5 Å². The lowest BCUT2D eigenvalue weighted by Gasteiger charge is -2.27. The van der Waals surface area contributed by atoms with E-state index in [1.54, 1.807) is 12.4 Å². The van der Waals surface area contributed by atoms with E-state index in [1.165, 1.54) is 0 Å². The first kappa shape index (κ1) is 10.6. The molecule has 0 amide bonds. The Morgan fingerprint density at radius 3 is 2.80 bits per heavy atom. The number of rotatable bonds is 2. The van der Waals surface area contributed by atoms with Gasteiger partial charge in [0.05, 0.1) is 12.4 Å². The monoisotopic (exact) mass is 240 g/mol. The van der Waals surface area contributed by atoms with Crippen molar-refractivity contribution in [2.45, 2.75) is 0 Å². The van der Waals surface area contributed by atoms with Gasteiger partial charge in [-0.05, 0) is 0 Å². The van der Waals surface area contributed by atoms with Gasteiger partial charge in [0, 0.05) is 24.6 Å². The van der Waals surface area contributed by atoms with Crippen molar-refractivity contribution in [3.8, 4) is 0 Å². The summed E-state index contributed by atoms with van der Waals surface area (Å²) in [5.41, 5.74) is 6.12. The van der Waals surface area contributed by atoms with Crippen LogP contribution in [0.2, 0.25) is 0 Å². The molecule has 2 heterocycles. The zero-order valence-corrected chi connectivity index (χ0v) is 9.85. The molecule has 0 unspecified atom stereocenters. The summed E-state index contributed by atoms with van der Waals surface area (Å²) >= 11 is 6.84. The van der Waals surface area contributed by atoms with Gasteiger partial charge in [-0.25, -0.2) is 4.98 Å². The topological polar surface area (TPSA) is 55.0 Å². The first-order valence-corrected chi connectivity index (χ1v) is 6.28. The lowest BCUT2D eigenvalue weighted by Crippen LogP contribution is -2.33. The molecule has 2 rings (SSSR count). The third kappa shape index (κ3) is 2.57. The Kier molecular flexibility index (Phi) is 3.37. The van der Waals surface area contributed by atoms with E-state index < -0.39 is 0 Å². The number of aromatic nitrogens is 2. The normalized spacial score (nSPS) is 16.4. The van der Waals surface area contributed by atoms with Gasteiger partial charge >= 0.3 is 0 Å². The Morgan fingerprint density at radius 2 is 2.13 bits per heavy atom. The van der Waals surface area contributed by atoms with Gasteiger partial charge in [-0.2, -0.15) is 11.8 Å². The second-order valence-electron chi connectivity index (χ2n) is 3.23. The maximum absolute atomic E-state index is 5.52. The minimum absolute atomic E-state index is 0.302. The maximum Gasteiger partial charge on any atom is 0.147 e. The Morgan fingerprint density at radius 1 is 1.40 bits per heavy atom. The van der Waals surface area contributed by atoms with Crippen LogP contribution in [0.3, 0.4) is 0 Å². The molecule has 0 spiro atoms. The lowest BCUT2D eigenvalue weighted by molar-refractivity contribution is 0.833. The Balaban J connectivity index is 2.19. The molecule has 1 aromatic heterocycles. The summed E-state index contributed by atoms with van der Waals surface area (Å²) in [6.45, 7) is 2.03. The molecular formula is C9H12N4S2. The number of thiocarbonyl (C=S) groups is 1. The lowest BCUT2D eigenvalue weighted by atomic mass is 10.4. The van der Waals surface area contributed by atoms with Crippen LogP contribution >= 0.6 is 24.0 Å². The molecular weight excluding hydrogens is 228 g/mol. The molecule has 2 N–H and O–H groups in total. The molecule has 4 nitrogen and oxygen atoms in total. The van der Waals surface area contributed by atoms with Gasteiger partial charge in [-0.1, -0.05) is 12.2 Å². The summed E-state index contributed by atoms with van der Waals surface area (Å²) in [6.07, 6.45) is 3.36. The van der Waals surface area contributed by atoms with Crippen molar-refractivity contribution in [1.29, 1.82) is 0 Å². The van der Waals surface area contributed by atoms with Gasteiger partial charge in [0.15, 0.2) is 0 Å². The van der Waals surface area contributed by atoms with Crippen LogP contribution in [-0.2, 0) is 0 Å². The van der Waals surface area contributed by atoms with E-state index in [0.29, 0.717) is 10.7 Å². The van der Waals surface area contributed by atoms with Crippen LogP contribution in [0.15, 0.2) is 12.4 Å². The van der Waals surface area contributed by atoms with Gasteiger partial charge < -0.3 is 10.6 Å². The molecule has 6 heteroatoms. The Hall–Kier alpha value is -0.880. The fourth-order valence-corrected chi connectivity index (χ4v) is 2.42. The van der Waals surface area contributed by atoms with Crippen LogP contribution < -0.4 is 10.6 Å². The van der Waals surface area contributed by atoms with Crippen LogP contribution in [0.5, 0.6) is 0 Å². The first-order chi connectivity index (χ1) is 7.27. The molecule has 1 aliphatic rings. The molecule has 1 aliphatic heterocycles. The summed E-state index contributed by atoms with van der Waals surface area (Å²) in [5, 5.41) is 0. The Labute approximate surface area is 98.3 Å². The summed E-state index contributed by atoms with van der Waals surface area (Å²) in [4.78, 5) is 11.0. The molecule has 80 valence electrons. The fraction of sp³-hybridized carbons (Fsp3) is 0.444. The predicted octanol–water partition coefficient (Wildman–Crippen LogP) is 0.664. The second kappa shape index (κ2) is 4.76. The average molecular weight is 240 g/mol. The zero-order chi connectivity index (χ0) is 10.7. The number of anilines is 1. The van der Waals surface area contributed by atoms with Crippen molar-refractivity contribution >= 4 is 34.8 Å². The number of thioether (sulfide) groups is 1. The highest BCUT2D eigenvalue weighted by atomic mass is 32.2. The van der Waals surface area contributed by atoms with Gasteiger partial charge in [0.25, 0.3) is 0 Å². The largest absolute Gasteiger partial charge is 0.388 e. The van der Waals surface area contributed by atoms with Crippen molar-refractivity contribution in [1.82, 2.24) is 9.97 Å². The van der Waals surface area contributed by atoms with Crippen LogP contribution in [0, 0.1) is 0 Å². The maximum atomic E-state index is 5.52. The molecule has 0 aliphatic carbocycles. The second-order valence-corrected chi connectivity index (χ2v) is 4.89. The van der Waals surface area contributed by atoms with E-state index in [2.05, 4.69) is 14.9 Å². The van der Waals surface area contributed by atoms with Crippen molar-refractivity contribution in [3.63, 3.8) is 0 Å².